The molecule has 0 saturated carbocycles. The second-order valence-corrected chi connectivity index (χ2v) is 5.10. The molecular formula is C12H9BrIN. The molecule has 0 aliphatic carbocycles. The molecular weight excluding hydrogens is 365 g/mol. The predicted molar refractivity (Wildman–Crippen MR) is 76.6 cm³/mol. The fraction of sp³-hybridized carbons (Fsp3) is 0. The summed E-state index contributed by atoms with van der Waals surface area (Å²) in [4.78, 5) is 0. The molecule has 0 radical (unpaired) electrons. The Morgan fingerprint density at radius 1 is 0.867 bits per heavy atom. The maximum absolute atomic E-state index is 3.51. The van der Waals surface area contributed by atoms with Crippen LogP contribution in [-0.4, -0.2) is 0 Å². The van der Waals surface area contributed by atoms with Gasteiger partial charge in [0, 0.05) is 8.04 Å². The van der Waals surface area contributed by atoms with E-state index in [2.05, 4.69) is 56.0 Å². The molecule has 1 nitrogen and oxygen atoms in total. The van der Waals surface area contributed by atoms with E-state index in [0.29, 0.717) is 0 Å². The van der Waals surface area contributed by atoms with Crippen LogP contribution in [0, 0.1) is 3.57 Å². The van der Waals surface area contributed by atoms with Crippen molar-refractivity contribution in [2.45, 2.75) is 0 Å². The van der Waals surface area contributed by atoms with Crippen molar-refractivity contribution in [2.75, 3.05) is 5.32 Å². The zero-order chi connectivity index (χ0) is 10.7. The van der Waals surface area contributed by atoms with Crippen LogP contribution in [0.1, 0.15) is 0 Å². The number of hydrogen-bond donors (Lipinski definition) is 1. The number of nitrogens with one attached hydrogen (secondary N) is 1. The van der Waals surface area contributed by atoms with Gasteiger partial charge in [-0.15, -0.1) is 0 Å². The van der Waals surface area contributed by atoms with Gasteiger partial charge in [0.05, 0.1) is 11.4 Å². The fourth-order valence-electron chi connectivity index (χ4n) is 1.27. The number of rotatable bonds is 2. The quantitative estimate of drug-likeness (QED) is 0.745. The van der Waals surface area contributed by atoms with Crippen molar-refractivity contribution in [3.8, 4) is 0 Å². The Balaban J connectivity index is 2.30. The molecule has 0 aromatic heterocycles. The molecule has 0 amide bonds. The van der Waals surface area contributed by atoms with Crippen molar-refractivity contribution in [2.24, 2.45) is 0 Å². The SMILES string of the molecule is Brc1ccccc1Nc1ccccc1I. The maximum Gasteiger partial charge on any atom is 0.0528 e. The van der Waals surface area contributed by atoms with Crippen LogP contribution in [0.2, 0.25) is 0 Å². The van der Waals surface area contributed by atoms with E-state index in [1.165, 1.54) is 3.57 Å². The van der Waals surface area contributed by atoms with Crippen LogP contribution in [0.5, 0.6) is 0 Å². The van der Waals surface area contributed by atoms with Crippen LogP contribution in [-0.2, 0) is 0 Å². The van der Waals surface area contributed by atoms with Crippen molar-refractivity contribution < 1.29 is 0 Å². The molecule has 3 heteroatoms. The number of anilines is 2. The molecule has 0 spiro atoms. The average Bonchev–Trinajstić information content (AvgIpc) is 2.24. The number of benzene rings is 2. The van der Waals surface area contributed by atoms with Crippen LogP contribution in [0.15, 0.2) is 53.0 Å². The first-order chi connectivity index (χ1) is 7.27. The van der Waals surface area contributed by atoms with E-state index in [-0.39, 0.29) is 0 Å². The molecule has 15 heavy (non-hydrogen) atoms. The first-order valence-corrected chi connectivity index (χ1v) is 6.40. The summed E-state index contributed by atoms with van der Waals surface area (Å²) in [5.41, 5.74) is 2.21. The van der Waals surface area contributed by atoms with E-state index >= 15 is 0 Å². The highest BCUT2D eigenvalue weighted by Crippen LogP contribution is 2.27. The lowest BCUT2D eigenvalue weighted by Crippen LogP contribution is -1.92. The van der Waals surface area contributed by atoms with E-state index < -0.39 is 0 Å². The lowest BCUT2D eigenvalue weighted by molar-refractivity contribution is 1.50. The predicted octanol–water partition coefficient (Wildman–Crippen LogP) is 4.80. The third-order valence-electron chi connectivity index (χ3n) is 2.02. The minimum Gasteiger partial charge on any atom is -0.354 e. The second-order valence-electron chi connectivity index (χ2n) is 3.08. The lowest BCUT2D eigenvalue weighted by atomic mass is 10.3. The van der Waals surface area contributed by atoms with Crippen LogP contribution in [0.25, 0.3) is 0 Å². The van der Waals surface area contributed by atoms with Crippen LogP contribution < -0.4 is 5.32 Å². The smallest absolute Gasteiger partial charge is 0.0528 e. The summed E-state index contributed by atoms with van der Waals surface area (Å²) in [5, 5.41) is 3.39. The summed E-state index contributed by atoms with van der Waals surface area (Å²) in [7, 11) is 0. The van der Waals surface area contributed by atoms with Gasteiger partial charge in [0.15, 0.2) is 0 Å². The standard InChI is InChI=1S/C12H9BrIN/c13-9-5-1-3-7-11(9)15-12-8-4-2-6-10(12)14/h1-8,15H. The number of halogens is 2. The summed E-state index contributed by atoms with van der Waals surface area (Å²) in [6.07, 6.45) is 0. The monoisotopic (exact) mass is 373 g/mol. The normalized spacial score (nSPS) is 10.0. The molecule has 1 N–H and O–H groups in total. The maximum atomic E-state index is 3.51. The van der Waals surface area contributed by atoms with Gasteiger partial charge in [0.1, 0.15) is 0 Å². The summed E-state index contributed by atoms with van der Waals surface area (Å²) in [5.74, 6) is 0. The first-order valence-electron chi connectivity index (χ1n) is 4.53. The van der Waals surface area contributed by atoms with E-state index in [0.717, 1.165) is 15.8 Å². The lowest BCUT2D eigenvalue weighted by Gasteiger charge is -2.09. The Bertz CT molecular complexity index is 427. The Morgan fingerprint density at radius 3 is 2.13 bits per heavy atom. The molecule has 76 valence electrons. The van der Waals surface area contributed by atoms with Crippen LogP contribution >= 0.6 is 38.5 Å². The molecule has 0 saturated heterocycles. The Morgan fingerprint density at radius 2 is 1.47 bits per heavy atom. The topological polar surface area (TPSA) is 12.0 Å². The van der Waals surface area contributed by atoms with E-state index in [1.807, 2.05) is 36.4 Å². The van der Waals surface area contributed by atoms with E-state index in [4.69, 9.17) is 0 Å². The molecule has 0 bridgehead atoms. The highest BCUT2D eigenvalue weighted by atomic mass is 127. The fourth-order valence-corrected chi connectivity index (χ4v) is 2.18. The molecule has 2 rings (SSSR count). The van der Waals surface area contributed by atoms with Crippen molar-refractivity contribution in [3.05, 3.63) is 56.6 Å². The molecule has 0 aliphatic heterocycles. The summed E-state index contributed by atoms with van der Waals surface area (Å²) in [6, 6.07) is 16.3. The van der Waals surface area contributed by atoms with Gasteiger partial charge in [-0.2, -0.15) is 0 Å². The van der Waals surface area contributed by atoms with Gasteiger partial charge >= 0.3 is 0 Å². The zero-order valence-corrected chi connectivity index (χ0v) is 11.6. The van der Waals surface area contributed by atoms with Crippen molar-refractivity contribution in [3.63, 3.8) is 0 Å². The summed E-state index contributed by atoms with van der Waals surface area (Å²) in [6.45, 7) is 0. The average molecular weight is 374 g/mol. The van der Waals surface area contributed by atoms with E-state index in [9.17, 15) is 0 Å². The molecule has 0 aliphatic rings. The Kier molecular flexibility index (Phi) is 3.64. The highest BCUT2D eigenvalue weighted by molar-refractivity contribution is 14.1. The minimum atomic E-state index is 1.07. The van der Waals surface area contributed by atoms with Gasteiger partial charge in [-0.3, -0.25) is 0 Å². The largest absolute Gasteiger partial charge is 0.354 e. The Hall–Kier alpha value is -0.550. The second kappa shape index (κ2) is 4.99. The summed E-state index contributed by atoms with van der Waals surface area (Å²) < 4.78 is 2.29. The number of para-hydroxylation sites is 2. The van der Waals surface area contributed by atoms with Gasteiger partial charge in [-0.05, 0) is 62.8 Å². The van der Waals surface area contributed by atoms with Gasteiger partial charge < -0.3 is 5.32 Å². The van der Waals surface area contributed by atoms with Crippen LogP contribution in [0.3, 0.4) is 0 Å². The van der Waals surface area contributed by atoms with Crippen molar-refractivity contribution >= 4 is 49.9 Å². The molecule has 0 fully saturated rings. The molecule has 2 aromatic carbocycles. The number of hydrogen-bond acceptors (Lipinski definition) is 1. The van der Waals surface area contributed by atoms with Crippen molar-refractivity contribution in [1.29, 1.82) is 0 Å². The van der Waals surface area contributed by atoms with Gasteiger partial charge in [0.25, 0.3) is 0 Å². The van der Waals surface area contributed by atoms with Gasteiger partial charge in [-0.1, -0.05) is 24.3 Å². The third-order valence-corrected chi connectivity index (χ3v) is 3.65. The van der Waals surface area contributed by atoms with Gasteiger partial charge in [-0.25, -0.2) is 0 Å². The van der Waals surface area contributed by atoms with Crippen molar-refractivity contribution in [1.82, 2.24) is 0 Å². The zero-order valence-electron chi connectivity index (χ0n) is 7.87. The third kappa shape index (κ3) is 2.72. The molecule has 0 atom stereocenters. The van der Waals surface area contributed by atoms with Crippen LogP contribution in [0.4, 0.5) is 11.4 Å². The summed E-state index contributed by atoms with van der Waals surface area (Å²) >= 11 is 5.83. The molecule has 2 aromatic rings. The highest BCUT2D eigenvalue weighted by Gasteiger charge is 2.01. The first kappa shape index (κ1) is 11.0. The van der Waals surface area contributed by atoms with Gasteiger partial charge in [0.2, 0.25) is 0 Å². The van der Waals surface area contributed by atoms with E-state index in [1.54, 1.807) is 0 Å². The molecule has 0 unspecified atom stereocenters. The Labute approximate surface area is 111 Å². The molecule has 0 heterocycles. The minimum absolute atomic E-state index is 1.07.